The Balaban J connectivity index is 2.83. The lowest BCUT2D eigenvalue weighted by atomic mass is 10.2. The van der Waals surface area contributed by atoms with Crippen LogP contribution in [-0.2, 0) is 5.33 Å². The number of fused-ring (bicyclic) bond motifs is 1. The zero-order chi connectivity index (χ0) is 10.1. The van der Waals surface area contributed by atoms with Crippen LogP contribution in [0.3, 0.4) is 0 Å². The summed E-state index contributed by atoms with van der Waals surface area (Å²) in [6.07, 6.45) is 0. The molecule has 5 heteroatoms. The van der Waals surface area contributed by atoms with Crippen molar-refractivity contribution in [2.24, 2.45) is 0 Å². The molecule has 0 aliphatic rings. The van der Waals surface area contributed by atoms with Crippen molar-refractivity contribution < 1.29 is 0 Å². The molecule has 2 aromatic rings. The summed E-state index contributed by atoms with van der Waals surface area (Å²) in [7, 11) is 0. The molecule has 0 spiro atoms. The number of halogens is 1. The van der Waals surface area contributed by atoms with Crippen molar-refractivity contribution in [3.05, 3.63) is 44.5 Å². The van der Waals surface area contributed by atoms with Crippen molar-refractivity contribution in [1.82, 2.24) is 9.97 Å². The third kappa shape index (κ3) is 1.50. The molecule has 2 N–H and O–H groups in total. The Morgan fingerprint density at radius 3 is 2.36 bits per heavy atom. The van der Waals surface area contributed by atoms with Gasteiger partial charge < -0.3 is 9.97 Å². The molecule has 0 fully saturated rings. The van der Waals surface area contributed by atoms with Crippen LogP contribution in [0.4, 0.5) is 0 Å². The van der Waals surface area contributed by atoms with E-state index in [0.717, 1.165) is 5.56 Å². The lowest BCUT2D eigenvalue weighted by molar-refractivity contribution is 1.14. The van der Waals surface area contributed by atoms with Crippen molar-refractivity contribution in [1.29, 1.82) is 0 Å². The minimum Gasteiger partial charge on any atom is -0.316 e. The average Bonchev–Trinajstić information content (AvgIpc) is 2.19. The topological polar surface area (TPSA) is 65.7 Å². The van der Waals surface area contributed by atoms with Gasteiger partial charge in [0.1, 0.15) is 0 Å². The van der Waals surface area contributed by atoms with E-state index in [9.17, 15) is 9.59 Å². The quantitative estimate of drug-likeness (QED) is 0.592. The molecule has 1 heterocycles. The minimum atomic E-state index is -0.621. The van der Waals surface area contributed by atoms with Gasteiger partial charge in [0.05, 0.1) is 11.0 Å². The first-order chi connectivity index (χ1) is 6.70. The molecule has 1 aromatic carbocycles. The van der Waals surface area contributed by atoms with Gasteiger partial charge in [0.2, 0.25) is 0 Å². The number of rotatable bonds is 1. The van der Waals surface area contributed by atoms with Crippen LogP contribution < -0.4 is 11.1 Å². The highest BCUT2D eigenvalue weighted by atomic mass is 79.9. The molecule has 0 radical (unpaired) electrons. The van der Waals surface area contributed by atoms with E-state index in [4.69, 9.17) is 0 Å². The highest BCUT2D eigenvalue weighted by Crippen LogP contribution is 2.11. The van der Waals surface area contributed by atoms with Crippen LogP contribution in [-0.4, -0.2) is 9.97 Å². The fourth-order valence-corrected chi connectivity index (χ4v) is 1.59. The minimum absolute atomic E-state index is 0.621. The summed E-state index contributed by atoms with van der Waals surface area (Å²) >= 11 is 3.31. The van der Waals surface area contributed by atoms with Gasteiger partial charge >= 0.3 is 11.1 Å². The summed E-state index contributed by atoms with van der Waals surface area (Å²) in [5.41, 5.74) is 1.08. The Bertz CT molecular complexity index is 585. The highest BCUT2D eigenvalue weighted by molar-refractivity contribution is 9.08. The number of aromatic amines is 2. The van der Waals surface area contributed by atoms with E-state index in [2.05, 4.69) is 25.9 Å². The van der Waals surface area contributed by atoms with Crippen LogP contribution in [0, 0.1) is 0 Å². The lowest BCUT2D eigenvalue weighted by Gasteiger charge is -1.99. The van der Waals surface area contributed by atoms with E-state index < -0.39 is 11.1 Å². The van der Waals surface area contributed by atoms with Gasteiger partial charge in [-0.1, -0.05) is 22.0 Å². The maximum absolute atomic E-state index is 11.0. The largest absolute Gasteiger partial charge is 0.316 e. The van der Waals surface area contributed by atoms with Crippen molar-refractivity contribution >= 4 is 27.0 Å². The number of hydrogen-bond acceptors (Lipinski definition) is 2. The van der Waals surface area contributed by atoms with Crippen LogP contribution in [0.1, 0.15) is 5.56 Å². The Labute approximate surface area is 87.1 Å². The summed E-state index contributed by atoms with van der Waals surface area (Å²) in [4.78, 5) is 27.0. The molecule has 0 saturated carbocycles. The monoisotopic (exact) mass is 254 g/mol. The molecule has 0 unspecified atom stereocenters. The molecule has 0 atom stereocenters. The second-order valence-corrected chi connectivity index (χ2v) is 3.48. The van der Waals surface area contributed by atoms with Crippen LogP contribution in [0.2, 0.25) is 0 Å². The van der Waals surface area contributed by atoms with Gasteiger partial charge in [0, 0.05) is 5.33 Å². The number of benzene rings is 1. The third-order valence-corrected chi connectivity index (χ3v) is 2.59. The molecule has 2 rings (SSSR count). The summed E-state index contributed by atoms with van der Waals surface area (Å²) in [5, 5.41) is 0.712. The van der Waals surface area contributed by atoms with E-state index in [-0.39, 0.29) is 0 Å². The maximum Gasteiger partial charge on any atom is 0.314 e. The molecule has 0 saturated heterocycles. The smallest absolute Gasteiger partial charge is 0.314 e. The Morgan fingerprint density at radius 2 is 1.71 bits per heavy atom. The van der Waals surface area contributed by atoms with Gasteiger partial charge in [0.25, 0.3) is 0 Å². The molecule has 14 heavy (non-hydrogen) atoms. The van der Waals surface area contributed by atoms with E-state index in [0.29, 0.717) is 16.4 Å². The molecular formula is C9H7BrN2O2. The summed E-state index contributed by atoms with van der Waals surface area (Å²) in [6, 6.07) is 5.47. The summed E-state index contributed by atoms with van der Waals surface area (Å²) < 4.78 is 0. The predicted molar refractivity (Wildman–Crippen MR) is 57.8 cm³/mol. The Hall–Kier alpha value is -1.36. The lowest BCUT2D eigenvalue weighted by Crippen LogP contribution is -2.28. The molecular weight excluding hydrogens is 248 g/mol. The summed E-state index contributed by atoms with van der Waals surface area (Å²) in [6.45, 7) is 0. The molecule has 1 aromatic heterocycles. The number of hydrogen-bond donors (Lipinski definition) is 2. The van der Waals surface area contributed by atoms with Crippen LogP contribution in [0.5, 0.6) is 0 Å². The molecule has 0 bridgehead atoms. The highest BCUT2D eigenvalue weighted by Gasteiger charge is 1.99. The van der Waals surface area contributed by atoms with Gasteiger partial charge in [-0.15, -0.1) is 0 Å². The SMILES string of the molecule is O=c1[nH]c2ccc(CBr)cc2[nH]c1=O. The van der Waals surface area contributed by atoms with Gasteiger partial charge in [-0.2, -0.15) is 0 Å². The standard InChI is InChI=1S/C9H7BrN2O2/c10-4-5-1-2-6-7(3-5)12-9(14)8(13)11-6/h1-3H,4H2,(H,11,13)(H,12,14). The van der Waals surface area contributed by atoms with Crippen molar-refractivity contribution in [2.45, 2.75) is 5.33 Å². The second-order valence-electron chi connectivity index (χ2n) is 2.92. The van der Waals surface area contributed by atoms with Gasteiger partial charge in [-0.3, -0.25) is 9.59 Å². The van der Waals surface area contributed by atoms with Crippen molar-refractivity contribution in [2.75, 3.05) is 0 Å². The molecule has 0 amide bonds. The second kappa shape index (κ2) is 3.42. The first-order valence-corrected chi connectivity index (χ1v) is 5.14. The van der Waals surface area contributed by atoms with Gasteiger partial charge in [-0.25, -0.2) is 0 Å². The Morgan fingerprint density at radius 1 is 1.07 bits per heavy atom. The first kappa shape index (κ1) is 9.21. The Kier molecular flexibility index (Phi) is 2.25. The normalized spacial score (nSPS) is 10.6. The van der Waals surface area contributed by atoms with Crippen LogP contribution >= 0.6 is 15.9 Å². The van der Waals surface area contributed by atoms with E-state index in [1.165, 1.54) is 0 Å². The van der Waals surface area contributed by atoms with E-state index >= 15 is 0 Å². The third-order valence-electron chi connectivity index (χ3n) is 1.94. The summed E-state index contributed by atoms with van der Waals surface area (Å²) in [5.74, 6) is 0. The molecule has 0 aliphatic heterocycles. The van der Waals surface area contributed by atoms with Crippen LogP contribution in [0.25, 0.3) is 11.0 Å². The average molecular weight is 255 g/mol. The number of H-pyrrole nitrogens is 2. The number of aromatic nitrogens is 2. The molecule has 0 aliphatic carbocycles. The fraction of sp³-hybridized carbons (Fsp3) is 0.111. The van der Waals surface area contributed by atoms with Crippen molar-refractivity contribution in [3.8, 4) is 0 Å². The van der Waals surface area contributed by atoms with Crippen molar-refractivity contribution in [3.63, 3.8) is 0 Å². The first-order valence-electron chi connectivity index (χ1n) is 4.02. The van der Waals surface area contributed by atoms with E-state index in [1.54, 1.807) is 6.07 Å². The molecule has 4 nitrogen and oxygen atoms in total. The fourth-order valence-electron chi connectivity index (χ4n) is 1.25. The predicted octanol–water partition coefficient (Wildman–Crippen LogP) is 1.11. The zero-order valence-electron chi connectivity index (χ0n) is 7.13. The number of nitrogens with one attached hydrogen (secondary N) is 2. The van der Waals surface area contributed by atoms with Gasteiger partial charge in [-0.05, 0) is 17.7 Å². The maximum atomic E-state index is 11.0. The van der Waals surface area contributed by atoms with Crippen LogP contribution in [0.15, 0.2) is 27.8 Å². The van der Waals surface area contributed by atoms with E-state index in [1.807, 2.05) is 12.1 Å². The zero-order valence-corrected chi connectivity index (χ0v) is 8.72. The van der Waals surface area contributed by atoms with Gasteiger partial charge in [0.15, 0.2) is 0 Å². The number of alkyl halides is 1. The molecule has 72 valence electrons.